The monoisotopic (exact) mass is 383 g/mol. The number of hydrogen-bond acceptors (Lipinski definition) is 4. The number of aromatic nitrogens is 3. The molecule has 5 heteroatoms. The Kier molecular flexibility index (Phi) is 4.43. The third-order valence-electron chi connectivity index (χ3n) is 5.63. The second-order valence-corrected chi connectivity index (χ2v) is 7.71. The third-order valence-corrected chi connectivity index (χ3v) is 5.63. The van der Waals surface area contributed by atoms with Crippen LogP contribution in [0.15, 0.2) is 60.7 Å². The van der Waals surface area contributed by atoms with E-state index >= 15 is 0 Å². The molecule has 0 aliphatic carbocycles. The second kappa shape index (κ2) is 7.24. The zero-order chi connectivity index (χ0) is 19.8. The van der Waals surface area contributed by atoms with E-state index in [2.05, 4.69) is 83.4 Å². The minimum Gasteiger partial charge on any atom is -0.370 e. The molecule has 0 saturated heterocycles. The summed E-state index contributed by atoms with van der Waals surface area (Å²) in [6.45, 7) is 3.89. The number of nitrogens with one attached hydrogen (secondary N) is 1. The van der Waals surface area contributed by atoms with E-state index in [4.69, 9.17) is 9.97 Å². The van der Waals surface area contributed by atoms with Gasteiger partial charge in [0.15, 0.2) is 5.82 Å². The summed E-state index contributed by atoms with van der Waals surface area (Å²) in [6.07, 6.45) is 2.09. The van der Waals surface area contributed by atoms with Gasteiger partial charge in [-0.3, -0.25) is 4.57 Å². The standard InChI is InChI=1S/C24H25N5/c1-17-15-19-11-6-7-13-21(19)29(17)24-26-20-12-8-14-28(2)22(20)23(27-24)25-16-18-9-4-3-5-10-18/h3-7,9-11,13,15H,8,12,14,16H2,1-2H3,(H,25,26,27). The Bertz CT molecular complexity index is 1160. The molecule has 0 bridgehead atoms. The third kappa shape index (κ3) is 3.23. The van der Waals surface area contributed by atoms with Crippen molar-refractivity contribution in [2.45, 2.75) is 26.3 Å². The molecule has 1 aliphatic heterocycles. The number of nitrogens with zero attached hydrogens (tertiary/aromatic N) is 4. The largest absolute Gasteiger partial charge is 0.370 e. The van der Waals surface area contributed by atoms with E-state index in [9.17, 15) is 0 Å². The van der Waals surface area contributed by atoms with Gasteiger partial charge in [0.05, 0.1) is 11.2 Å². The van der Waals surface area contributed by atoms with Crippen LogP contribution in [0.4, 0.5) is 11.5 Å². The molecule has 4 aromatic rings. The highest BCUT2D eigenvalue weighted by atomic mass is 15.2. The van der Waals surface area contributed by atoms with Crippen LogP contribution in [0.5, 0.6) is 0 Å². The smallest absolute Gasteiger partial charge is 0.236 e. The van der Waals surface area contributed by atoms with Crippen molar-refractivity contribution in [3.8, 4) is 5.95 Å². The molecule has 29 heavy (non-hydrogen) atoms. The molecule has 5 nitrogen and oxygen atoms in total. The summed E-state index contributed by atoms with van der Waals surface area (Å²) in [5, 5.41) is 4.79. The van der Waals surface area contributed by atoms with Gasteiger partial charge in [-0.2, -0.15) is 4.98 Å². The van der Waals surface area contributed by atoms with Gasteiger partial charge in [-0.15, -0.1) is 0 Å². The molecule has 2 aromatic carbocycles. The molecule has 1 N–H and O–H groups in total. The van der Waals surface area contributed by atoms with Crippen molar-refractivity contribution in [3.05, 3.63) is 77.6 Å². The number of para-hydroxylation sites is 1. The molecule has 3 heterocycles. The van der Waals surface area contributed by atoms with Crippen molar-refractivity contribution in [2.24, 2.45) is 0 Å². The van der Waals surface area contributed by atoms with E-state index in [-0.39, 0.29) is 0 Å². The van der Waals surface area contributed by atoms with Crippen molar-refractivity contribution in [3.63, 3.8) is 0 Å². The molecule has 0 fully saturated rings. The highest BCUT2D eigenvalue weighted by Crippen LogP contribution is 2.33. The first-order valence-electron chi connectivity index (χ1n) is 10.2. The van der Waals surface area contributed by atoms with E-state index in [0.717, 1.165) is 60.3 Å². The Hall–Kier alpha value is -3.34. The van der Waals surface area contributed by atoms with E-state index in [1.54, 1.807) is 0 Å². The molecule has 1 aliphatic rings. The topological polar surface area (TPSA) is 46.0 Å². The van der Waals surface area contributed by atoms with Gasteiger partial charge in [0, 0.05) is 31.2 Å². The highest BCUT2D eigenvalue weighted by Gasteiger charge is 2.23. The fraction of sp³-hybridized carbons (Fsp3) is 0.250. The lowest BCUT2D eigenvalue weighted by Crippen LogP contribution is -2.28. The maximum atomic E-state index is 5.00. The van der Waals surface area contributed by atoms with Crippen LogP contribution < -0.4 is 10.2 Å². The van der Waals surface area contributed by atoms with Crippen molar-refractivity contribution in [1.29, 1.82) is 0 Å². The summed E-state index contributed by atoms with van der Waals surface area (Å²) in [7, 11) is 2.13. The van der Waals surface area contributed by atoms with Crippen molar-refractivity contribution in [1.82, 2.24) is 14.5 Å². The van der Waals surface area contributed by atoms with E-state index in [1.165, 1.54) is 10.9 Å². The Balaban J connectivity index is 1.62. The average molecular weight is 383 g/mol. The van der Waals surface area contributed by atoms with E-state index < -0.39 is 0 Å². The molecule has 146 valence electrons. The quantitative estimate of drug-likeness (QED) is 0.554. The predicted octanol–water partition coefficient (Wildman–Crippen LogP) is 4.72. The molecule has 5 rings (SSSR count). The van der Waals surface area contributed by atoms with Crippen molar-refractivity contribution in [2.75, 3.05) is 23.8 Å². The van der Waals surface area contributed by atoms with Crippen LogP contribution in [-0.2, 0) is 13.0 Å². The van der Waals surface area contributed by atoms with Gasteiger partial charge < -0.3 is 10.2 Å². The lowest BCUT2D eigenvalue weighted by molar-refractivity contribution is 0.713. The van der Waals surface area contributed by atoms with Gasteiger partial charge in [-0.25, -0.2) is 4.98 Å². The summed E-state index contributed by atoms with van der Waals surface area (Å²) < 4.78 is 2.16. The fourth-order valence-electron chi connectivity index (χ4n) is 4.22. The minimum absolute atomic E-state index is 0.739. The second-order valence-electron chi connectivity index (χ2n) is 7.71. The summed E-state index contributed by atoms with van der Waals surface area (Å²) in [5.74, 6) is 1.65. The molecule has 0 saturated carbocycles. The number of benzene rings is 2. The first-order chi connectivity index (χ1) is 14.2. The zero-order valence-corrected chi connectivity index (χ0v) is 16.9. The normalized spacial score (nSPS) is 13.5. The van der Waals surface area contributed by atoms with Crippen molar-refractivity contribution >= 4 is 22.4 Å². The Morgan fingerprint density at radius 2 is 1.79 bits per heavy atom. The van der Waals surface area contributed by atoms with Gasteiger partial charge in [0.1, 0.15) is 5.69 Å². The SMILES string of the molecule is Cc1cc2ccccc2n1-c1nc2c(c(NCc3ccccc3)n1)N(C)CCC2. The molecular weight excluding hydrogens is 358 g/mol. The molecule has 0 spiro atoms. The maximum absolute atomic E-state index is 5.00. The molecule has 0 unspecified atom stereocenters. The van der Waals surface area contributed by atoms with Gasteiger partial charge in [0.25, 0.3) is 0 Å². The minimum atomic E-state index is 0.739. The van der Waals surface area contributed by atoms with E-state index in [1.807, 2.05) is 6.07 Å². The van der Waals surface area contributed by atoms with Gasteiger partial charge in [-0.1, -0.05) is 48.5 Å². The molecule has 0 radical (unpaired) electrons. The number of fused-ring (bicyclic) bond motifs is 2. The molecule has 0 amide bonds. The number of aryl methyl sites for hydroxylation is 2. The van der Waals surface area contributed by atoms with Crippen LogP contribution in [0, 0.1) is 6.92 Å². The zero-order valence-electron chi connectivity index (χ0n) is 16.9. The molecule has 0 atom stereocenters. The van der Waals surface area contributed by atoms with Crippen LogP contribution >= 0.6 is 0 Å². The summed E-state index contributed by atoms with van der Waals surface area (Å²) >= 11 is 0. The number of hydrogen-bond donors (Lipinski definition) is 1. The lowest BCUT2D eigenvalue weighted by atomic mass is 10.1. The van der Waals surface area contributed by atoms with Crippen LogP contribution in [0.25, 0.3) is 16.9 Å². The highest BCUT2D eigenvalue weighted by molar-refractivity contribution is 5.83. The fourth-order valence-corrected chi connectivity index (χ4v) is 4.22. The summed E-state index contributed by atoms with van der Waals surface area (Å²) in [6, 6.07) is 21.1. The van der Waals surface area contributed by atoms with Crippen LogP contribution in [0.1, 0.15) is 23.4 Å². The van der Waals surface area contributed by atoms with Crippen LogP contribution in [0.2, 0.25) is 0 Å². The molecule has 2 aromatic heterocycles. The number of rotatable bonds is 4. The van der Waals surface area contributed by atoms with Gasteiger partial charge in [0.2, 0.25) is 5.95 Å². The van der Waals surface area contributed by atoms with Crippen molar-refractivity contribution < 1.29 is 0 Å². The van der Waals surface area contributed by atoms with Crippen LogP contribution in [-0.4, -0.2) is 28.1 Å². The summed E-state index contributed by atoms with van der Waals surface area (Å²) in [5.41, 5.74) is 5.77. The predicted molar refractivity (Wildman–Crippen MR) is 119 cm³/mol. The van der Waals surface area contributed by atoms with Gasteiger partial charge in [-0.05, 0) is 37.5 Å². The van der Waals surface area contributed by atoms with Gasteiger partial charge >= 0.3 is 0 Å². The first kappa shape index (κ1) is 17.7. The Morgan fingerprint density at radius 1 is 1.00 bits per heavy atom. The number of anilines is 2. The lowest BCUT2D eigenvalue weighted by Gasteiger charge is -2.29. The summed E-state index contributed by atoms with van der Waals surface area (Å²) in [4.78, 5) is 12.3. The molecular formula is C24H25N5. The van der Waals surface area contributed by atoms with Crippen LogP contribution in [0.3, 0.4) is 0 Å². The Labute approximate surface area is 171 Å². The Morgan fingerprint density at radius 3 is 2.66 bits per heavy atom. The maximum Gasteiger partial charge on any atom is 0.236 e. The van der Waals surface area contributed by atoms with E-state index in [0.29, 0.717) is 0 Å². The first-order valence-corrected chi connectivity index (χ1v) is 10.2. The average Bonchev–Trinajstić information content (AvgIpc) is 3.08.